The van der Waals surface area contributed by atoms with Gasteiger partial charge < -0.3 is 16.0 Å². The third-order valence-corrected chi connectivity index (χ3v) is 3.99. The van der Waals surface area contributed by atoms with Crippen LogP contribution in [0.15, 0.2) is 42.6 Å². The number of pyridine rings is 1. The number of nitrogens with zero attached hydrogens (tertiary/aromatic N) is 1. The first-order valence-electron chi connectivity index (χ1n) is 7.99. The van der Waals surface area contributed by atoms with Crippen molar-refractivity contribution in [2.45, 2.75) is 25.8 Å². The van der Waals surface area contributed by atoms with Gasteiger partial charge in [-0.05, 0) is 36.2 Å². The van der Waals surface area contributed by atoms with Crippen LogP contribution in [0.4, 0.5) is 10.5 Å². The predicted octanol–water partition coefficient (Wildman–Crippen LogP) is 2.18. The van der Waals surface area contributed by atoms with E-state index in [0.29, 0.717) is 19.4 Å². The number of carbonyl (C=O) groups excluding carboxylic acids is 2. The number of anilines is 1. The molecule has 3 amide bonds. The molecule has 6 nitrogen and oxygen atoms in total. The fourth-order valence-electron chi connectivity index (χ4n) is 2.70. The van der Waals surface area contributed by atoms with E-state index >= 15 is 0 Å². The van der Waals surface area contributed by atoms with E-state index < -0.39 is 0 Å². The van der Waals surface area contributed by atoms with Gasteiger partial charge in [-0.3, -0.25) is 9.78 Å². The van der Waals surface area contributed by atoms with Crippen LogP contribution in [-0.2, 0) is 17.6 Å². The highest BCUT2D eigenvalue weighted by atomic mass is 16.2. The standard InChI is InChI=1S/C18H20N4O2/c1-12(13-5-6-16-14(10-13)11-17(23)22-16)21-18(24)20-9-7-15-4-2-3-8-19-15/h2-6,8,10,12H,7,9,11H2,1H3,(H,22,23)(H2,20,21,24). The SMILES string of the molecule is CC(NC(=O)NCCc1ccccn1)c1ccc2c(c1)CC(=O)N2. The van der Waals surface area contributed by atoms with E-state index in [-0.39, 0.29) is 18.0 Å². The highest BCUT2D eigenvalue weighted by Crippen LogP contribution is 2.26. The lowest BCUT2D eigenvalue weighted by Gasteiger charge is -2.16. The Labute approximate surface area is 140 Å². The second-order valence-corrected chi connectivity index (χ2v) is 5.83. The first-order chi connectivity index (χ1) is 11.6. The number of urea groups is 1. The average Bonchev–Trinajstić information content (AvgIpc) is 2.94. The summed E-state index contributed by atoms with van der Waals surface area (Å²) in [5, 5.41) is 8.55. The van der Waals surface area contributed by atoms with E-state index in [2.05, 4.69) is 20.9 Å². The summed E-state index contributed by atoms with van der Waals surface area (Å²) >= 11 is 0. The summed E-state index contributed by atoms with van der Waals surface area (Å²) in [6.45, 7) is 2.45. The van der Waals surface area contributed by atoms with E-state index in [1.165, 1.54) is 0 Å². The number of hydrogen-bond acceptors (Lipinski definition) is 3. The van der Waals surface area contributed by atoms with Crippen molar-refractivity contribution in [3.05, 3.63) is 59.4 Å². The van der Waals surface area contributed by atoms with E-state index in [9.17, 15) is 9.59 Å². The Morgan fingerprint density at radius 3 is 3.00 bits per heavy atom. The second kappa shape index (κ2) is 7.12. The fraction of sp³-hybridized carbons (Fsp3) is 0.278. The Morgan fingerprint density at radius 2 is 2.21 bits per heavy atom. The van der Waals surface area contributed by atoms with Crippen LogP contribution in [0.25, 0.3) is 0 Å². The zero-order valence-corrected chi connectivity index (χ0v) is 13.5. The van der Waals surface area contributed by atoms with Crippen molar-refractivity contribution in [1.29, 1.82) is 0 Å². The van der Waals surface area contributed by atoms with Crippen LogP contribution in [0.2, 0.25) is 0 Å². The van der Waals surface area contributed by atoms with Crippen molar-refractivity contribution >= 4 is 17.6 Å². The predicted molar refractivity (Wildman–Crippen MR) is 91.7 cm³/mol. The van der Waals surface area contributed by atoms with Crippen LogP contribution in [0.1, 0.15) is 29.8 Å². The Kier molecular flexibility index (Phi) is 4.74. The van der Waals surface area contributed by atoms with Gasteiger partial charge in [-0.2, -0.15) is 0 Å². The smallest absolute Gasteiger partial charge is 0.315 e. The highest BCUT2D eigenvalue weighted by molar-refractivity contribution is 5.99. The van der Waals surface area contributed by atoms with Crippen molar-refractivity contribution < 1.29 is 9.59 Å². The zero-order valence-electron chi connectivity index (χ0n) is 13.5. The van der Waals surface area contributed by atoms with E-state index in [0.717, 1.165) is 22.5 Å². The Bertz CT molecular complexity index is 746. The minimum atomic E-state index is -0.215. The third kappa shape index (κ3) is 3.90. The number of rotatable bonds is 5. The van der Waals surface area contributed by atoms with Gasteiger partial charge in [0.2, 0.25) is 5.91 Å². The lowest BCUT2D eigenvalue weighted by atomic mass is 10.0. The lowest BCUT2D eigenvalue weighted by Crippen LogP contribution is -2.38. The number of fused-ring (bicyclic) bond motifs is 1. The summed E-state index contributed by atoms with van der Waals surface area (Å²) in [4.78, 5) is 27.6. The average molecular weight is 324 g/mol. The van der Waals surface area contributed by atoms with Gasteiger partial charge in [0.05, 0.1) is 12.5 Å². The minimum absolute atomic E-state index is 0.00928. The topological polar surface area (TPSA) is 83.1 Å². The Hall–Kier alpha value is -2.89. The summed E-state index contributed by atoms with van der Waals surface area (Å²) in [6.07, 6.45) is 2.83. The molecule has 2 heterocycles. The molecule has 1 aliphatic rings. The van der Waals surface area contributed by atoms with Gasteiger partial charge in [0.1, 0.15) is 0 Å². The van der Waals surface area contributed by atoms with E-state index in [1.54, 1.807) is 6.20 Å². The van der Waals surface area contributed by atoms with Gasteiger partial charge >= 0.3 is 6.03 Å². The molecule has 0 aliphatic carbocycles. The van der Waals surface area contributed by atoms with Crippen molar-refractivity contribution in [3.63, 3.8) is 0 Å². The molecular formula is C18H20N4O2. The molecule has 1 aromatic heterocycles. The molecule has 2 aromatic rings. The molecule has 0 saturated heterocycles. The molecule has 24 heavy (non-hydrogen) atoms. The zero-order chi connectivity index (χ0) is 16.9. The molecule has 124 valence electrons. The number of amides is 3. The summed E-state index contributed by atoms with van der Waals surface area (Å²) in [7, 11) is 0. The van der Waals surface area contributed by atoms with Crippen LogP contribution in [0.5, 0.6) is 0 Å². The summed E-state index contributed by atoms with van der Waals surface area (Å²) in [5.74, 6) is 0.00928. The van der Waals surface area contributed by atoms with E-state index in [4.69, 9.17) is 0 Å². The molecule has 0 spiro atoms. The van der Waals surface area contributed by atoms with Crippen LogP contribution < -0.4 is 16.0 Å². The van der Waals surface area contributed by atoms with Gasteiger partial charge in [-0.15, -0.1) is 0 Å². The Balaban J connectivity index is 1.49. The maximum atomic E-state index is 12.0. The third-order valence-electron chi connectivity index (χ3n) is 3.99. The molecule has 6 heteroatoms. The molecular weight excluding hydrogens is 304 g/mol. The molecule has 0 fully saturated rings. The minimum Gasteiger partial charge on any atom is -0.338 e. The van der Waals surface area contributed by atoms with Gasteiger partial charge in [-0.25, -0.2) is 4.79 Å². The first kappa shape index (κ1) is 16.0. The molecule has 1 aromatic carbocycles. The molecule has 3 N–H and O–H groups in total. The lowest BCUT2D eigenvalue weighted by molar-refractivity contribution is -0.115. The van der Waals surface area contributed by atoms with Gasteiger partial charge in [0.25, 0.3) is 0 Å². The molecule has 0 saturated carbocycles. The van der Waals surface area contributed by atoms with Crippen molar-refractivity contribution in [2.24, 2.45) is 0 Å². The quantitative estimate of drug-likeness (QED) is 0.788. The number of carbonyl (C=O) groups is 2. The molecule has 0 radical (unpaired) electrons. The molecule has 1 atom stereocenters. The van der Waals surface area contributed by atoms with Crippen LogP contribution in [-0.4, -0.2) is 23.5 Å². The largest absolute Gasteiger partial charge is 0.338 e. The van der Waals surface area contributed by atoms with E-state index in [1.807, 2.05) is 43.3 Å². The highest BCUT2D eigenvalue weighted by Gasteiger charge is 2.19. The van der Waals surface area contributed by atoms with Crippen LogP contribution >= 0.6 is 0 Å². The molecule has 0 bridgehead atoms. The van der Waals surface area contributed by atoms with Crippen molar-refractivity contribution in [2.75, 3.05) is 11.9 Å². The maximum absolute atomic E-state index is 12.0. The van der Waals surface area contributed by atoms with Gasteiger partial charge in [0.15, 0.2) is 0 Å². The summed E-state index contributed by atoms with van der Waals surface area (Å²) < 4.78 is 0. The first-order valence-corrected chi connectivity index (χ1v) is 7.99. The summed E-state index contributed by atoms with van der Waals surface area (Å²) in [5.41, 5.74) is 3.75. The van der Waals surface area contributed by atoms with Crippen molar-refractivity contribution in [1.82, 2.24) is 15.6 Å². The second-order valence-electron chi connectivity index (χ2n) is 5.83. The van der Waals surface area contributed by atoms with Gasteiger partial charge in [-0.1, -0.05) is 18.2 Å². The van der Waals surface area contributed by atoms with Gasteiger partial charge in [0, 0.05) is 30.5 Å². The van der Waals surface area contributed by atoms with Crippen LogP contribution in [0.3, 0.4) is 0 Å². The summed E-state index contributed by atoms with van der Waals surface area (Å²) in [6, 6.07) is 11.1. The fourth-order valence-corrected chi connectivity index (χ4v) is 2.70. The molecule has 3 rings (SSSR count). The number of nitrogens with one attached hydrogen (secondary N) is 3. The molecule has 1 unspecified atom stereocenters. The molecule has 1 aliphatic heterocycles. The number of benzene rings is 1. The number of hydrogen-bond donors (Lipinski definition) is 3. The number of aromatic nitrogens is 1. The monoisotopic (exact) mass is 324 g/mol. The Morgan fingerprint density at radius 1 is 1.33 bits per heavy atom. The van der Waals surface area contributed by atoms with Crippen LogP contribution in [0, 0.1) is 0 Å². The normalized spacial score (nSPS) is 13.8. The maximum Gasteiger partial charge on any atom is 0.315 e. The van der Waals surface area contributed by atoms with Crippen molar-refractivity contribution in [3.8, 4) is 0 Å².